The fourth-order valence-corrected chi connectivity index (χ4v) is 0.709. The van der Waals surface area contributed by atoms with Gasteiger partial charge in [-0.1, -0.05) is 13.8 Å². The number of allylic oxidation sites excluding steroid dienone is 4. The number of rotatable bonds is 4. The zero-order valence-electron chi connectivity index (χ0n) is 9.15. The van der Waals surface area contributed by atoms with Gasteiger partial charge in [-0.15, -0.1) is 0 Å². The van der Waals surface area contributed by atoms with E-state index in [0.29, 0.717) is 0 Å². The van der Waals surface area contributed by atoms with Crippen LogP contribution in [0.15, 0.2) is 11.1 Å². The third-order valence-corrected chi connectivity index (χ3v) is 1.75. The average Bonchev–Trinajstić information content (AvgIpc) is 2.04. The van der Waals surface area contributed by atoms with Gasteiger partial charge in [-0.2, -0.15) is 26.7 Å². The smallest absolute Gasteiger partial charge is 0 e. The molecule has 0 heterocycles. The molecule has 70 valence electrons. The summed E-state index contributed by atoms with van der Waals surface area (Å²) in [5.41, 5.74) is 2.63. The van der Waals surface area contributed by atoms with E-state index in [2.05, 4.69) is 32.4 Å². The van der Waals surface area contributed by atoms with Gasteiger partial charge in [-0.05, 0) is 0 Å². The standard InChI is InChI=1S/C11H17.2Y/c1-5-10(3)8-7-9-11(4)6-2;;/h7H,8-9H2,1-4H3;;/q-3;;. The van der Waals surface area contributed by atoms with E-state index in [0.717, 1.165) is 12.8 Å². The van der Waals surface area contributed by atoms with Gasteiger partial charge in [0.15, 0.2) is 0 Å². The molecule has 0 spiro atoms. The zero-order chi connectivity index (χ0) is 8.69. The van der Waals surface area contributed by atoms with E-state index in [1.54, 1.807) is 0 Å². The molecule has 0 fully saturated rings. The van der Waals surface area contributed by atoms with Crippen LogP contribution < -0.4 is 0 Å². The molecule has 0 saturated heterocycles. The predicted octanol–water partition coefficient (Wildman–Crippen LogP) is 3.50. The van der Waals surface area contributed by atoms with Gasteiger partial charge >= 0.3 is 0 Å². The van der Waals surface area contributed by atoms with Crippen molar-refractivity contribution in [3.63, 3.8) is 0 Å². The Balaban J connectivity index is -0.000000500. The van der Waals surface area contributed by atoms with Crippen LogP contribution in [0.1, 0.15) is 40.5 Å². The van der Waals surface area contributed by atoms with E-state index in [4.69, 9.17) is 0 Å². The van der Waals surface area contributed by atoms with Gasteiger partial charge < -0.3 is 18.6 Å². The average molecular weight is 327 g/mol. The molecule has 0 amide bonds. The second-order valence-electron chi connectivity index (χ2n) is 2.76. The summed E-state index contributed by atoms with van der Waals surface area (Å²) in [5, 5.41) is 0. The van der Waals surface area contributed by atoms with Crippen LogP contribution in [0.4, 0.5) is 0 Å². The molecule has 0 aromatic carbocycles. The largest absolute Gasteiger partial charge is 0.503 e. The molecule has 0 aromatic rings. The molecule has 0 bridgehead atoms. The Morgan fingerprint density at radius 3 is 1.46 bits per heavy atom. The minimum Gasteiger partial charge on any atom is -0.503 e. The molecule has 0 aliphatic rings. The Morgan fingerprint density at radius 1 is 0.923 bits per heavy atom. The monoisotopic (exact) mass is 327 g/mol. The van der Waals surface area contributed by atoms with Gasteiger partial charge in [0.25, 0.3) is 0 Å². The Bertz CT molecular complexity index is 139. The zero-order valence-corrected chi connectivity index (χ0v) is 14.8. The number of hydrogen-bond donors (Lipinski definition) is 0. The van der Waals surface area contributed by atoms with Crippen LogP contribution in [0.3, 0.4) is 0 Å². The van der Waals surface area contributed by atoms with E-state index in [9.17, 15) is 0 Å². The third kappa shape index (κ3) is 13.7. The summed E-state index contributed by atoms with van der Waals surface area (Å²) in [6.07, 6.45) is 10.6. The first kappa shape index (κ1) is 20.1. The Kier molecular flexibility index (Phi) is 21.2. The topological polar surface area (TPSA) is 0 Å². The molecule has 0 aliphatic heterocycles. The quantitative estimate of drug-likeness (QED) is 0.694. The van der Waals surface area contributed by atoms with Crippen LogP contribution in [-0.2, 0) is 65.4 Å². The summed E-state index contributed by atoms with van der Waals surface area (Å²) in [4.78, 5) is 0. The number of hydrogen-bond acceptors (Lipinski definition) is 0. The van der Waals surface area contributed by atoms with Crippen molar-refractivity contribution >= 4 is 0 Å². The van der Waals surface area contributed by atoms with Crippen molar-refractivity contribution in [3.8, 4) is 0 Å². The van der Waals surface area contributed by atoms with E-state index in [1.165, 1.54) is 11.1 Å². The fourth-order valence-electron chi connectivity index (χ4n) is 0.709. The van der Waals surface area contributed by atoms with Crippen LogP contribution in [0, 0.1) is 18.6 Å². The summed E-state index contributed by atoms with van der Waals surface area (Å²) >= 11 is 0. The van der Waals surface area contributed by atoms with Gasteiger partial charge in [0.1, 0.15) is 0 Å². The van der Waals surface area contributed by atoms with E-state index >= 15 is 0 Å². The molecule has 13 heavy (non-hydrogen) atoms. The van der Waals surface area contributed by atoms with Crippen molar-refractivity contribution in [2.24, 2.45) is 0 Å². The minimum absolute atomic E-state index is 0. The first-order chi connectivity index (χ1) is 5.20. The molecule has 0 aromatic heterocycles. The van der Waals surface area contributed by atoms with E-state index < -0.39 is 0 Å². The van der Waals surface area contributed by atoms with Crippen LogP contribution in [0.2, 0.25) is 0 Å². The molecule has 0 saturated carbocycles. The van der Waals surface area contributed by atoms with Crippen molar-refractivity contribution in [1.29, 1.82) is 0 Å². The molecule has 0 N–H and O–H groups in total. The molecule has 0 nitrogen and oxygen atoms in total. The van der Waals surface area contributed by atoms with E-state index in [-0.39, 0.29) is 65.4 Å². The molecule has 0 atom stereocenters. The van der Waals surface area contributed by atoms with Gasteiger partial charge in [-0.25, -0.2) is 0 Å². The van der Waals surface area contributed by atoms with Crippen LogP contribution in [0.5, 0.6) is 0 Å². The summed E-state index contributed by atoms with van der Waals surface area (Å²) in [7, 11) is 0. The Morgan fingerprint density at radius 2 is 1.23 bits per heavy atom. The van der Waals surface area contributed by atoms with Crippen molar-refractivity contribution in [3.05, 3.63) is 29.7 Å². The summed E-state index contributed by atoms with van der Waals surface area (Å²) in [6.45, 7) is 8.12. The Hall–Kier alpha value is 1.69. The van der Waals surface area contributed by atoms with Crippen molar-refractivity contribution < 1.29 is 65.4 Å². The SMILES string of the molecule is C[C-]=C(C)C[CH-]CC(C)=[C-]C.[Y].[Y]. The van der Waals surface area contributed by atoms with Gasteiger partial charge in [0.2, 0.25) is 0 Å². The first-order valence-electron chi connectivity index (χ1n) is 4.02. The van der Waals surface area contributed by atoms with Crippen LogP contribution in [-0.4, -0.2) is 0 Å². The van der Waals surface area contributed by atoms with Crippen LogP contribution >= 0.6 is 0 Å². The molecule has 0 unspecified atom stereocenters. The minimum atomic E-state index is 0. The maximum Gasteiger partial charge on any atom is 0 e. The molecular weight excluding hydrogens is 310 g/mol. The second-order valence-corrected chi connectivity index (χ2v) is 2.76. The summed E-state index contributed by atoms with van der Waals surface area (Å²) < 4.78 is 0. The molecule has 2 radical (unpaired) electrons. The van der Waals surface area contributed by atoms with Crippen molar-refractivity contribution in [1.82, 2.24) is 0 Å². The van der Waals surface area contributed by atoms with E-state index in [1.807, 2.05) is 13.8 Å². The maximum absolute atomic E-state index is 3.11. The molecular formula is C11H17Y2-3. The summed E-state index contributed by atoms with van der Waals surface area (Å²) in [5.74, 6) is 0. The van der Waals surface area contributed by atoms with Crippen molar-refractivity contribution in [2.75, 3.05) is 0 Å². The molecule has 2 heteroatoms. The van der Waals surface area contributed by atoms with Gasteiger partial charge in [0, 0.05) is 65.4 Å². The molecule has 0 rings (SSSR count). The molecule has 0 aliphatic carbocycles. The van der Waals surface area contributed by atoms with Gasteiger partial charge in [-0.3, -0.25) is 11.1 Å². The van der Waals surface area contributed by atoms with Crippen LogP contribution in [0.25, 0.3) is 0 Å². The second kappa shape index (κ2) is 13.7. The van der Waals surface area contributed by atoms with Crippen molar-refractivity contribution in [2.45, 2.75) is 40.5 Å². The Labute approximate surface area is 134 Å². The third-order valence-electron chi connectivity index (χ3n) is 1.75. The first-order valence-corrected chi connectivity index (χ1v) is 4.02. The normalized spacial score (nSPS) is 11.7. The van der Waals surface area contributed by atoms with Gasteiger partial charge in [0.05, 0.1) is 0 Å². The maximum atomic E-state index is 3.11. The predicted molar refractivity (Wildman–Crippen MR) is 49.7 cm³/mol. The fraction of sp³-hybridized carbons (Fsp3) is 0.545. The summed E-state index contributed by atoms with van der Waals surface area (Å²) in [6, 6.07) is 0.